The first-order valence-corrected chi connectivity index (χ1v) is 9.35. The van der Waals surface area contributed by atoms with Gasteiger partial charge < -0.3 is 9.67 Å². The average Bonchev–Trinajstić information content (AvgIpc) is 3.00. The lowest BCUT2D eigenvalue weighted by Crippen LogP contribution is -2.38. The molecule has 0 aliphatic heterocycles. The maximum Gasteiger partial charge on any atom is 0.244 e. The lowest BCUT2D eigenvalue weighted by molar-refractivity contribution is 0.270. The summed E-state index contributed by atoms with van der Waals surface area (Å²) >= 11 is 0. The molecule has 118 valence electrons. The third-order valence-electron chi connectivity index (χ3n) is 4.66. The van der Waals surface area contributed by atoms with Crippen LogP contribution in [0.5, 0.6) is 0 Å². The summed E-state index contributed by atoms with van der Waals surface area (Å²) in [6, 6.07) is 2.16. The minimum atomic E-state index is -3.45. The Balaban J connectivity index is 1.92. The number of aromatic nitrogens is 1. The van der Waals surface area contributed by atoms with Crippen LogP contribution in [0.1, 0.15) is 57.2 Å². The largest absolute Gasteiger partial charge is 0.390 e. The van der Waals surface area contributed by atoms with Gasteiger partial charge in [0.05, 0.1) is 6.61 Å². The average molecular weight is 312 g/mol. The van der Waals surface area contributed by atoms with E-state index in [1.54, 1.807) is 16.6 Å². The van der Waals surface area contributed by atoms with E-state index >= 15 is 0 Å². The van der Waals surface area contributed by atoms with Gasteiger partial charge in [0.1, 0.15) is 4.90 Å². The van der Waals surface area contributed by atoms with Crippen LogP contribution in [0.25, 0.3) is 0 Å². The second kappa shape index (κ2) is 5.74. The lowest BCUT2D eigenvalue weighted by Gasteiger charge is -2.26. The van der Waals surface area contributed by atoms with E-state index in [2.05, 4.69) is 0 Å². The summed E-state index contributed by atoms with van der Waals surface area (Å²) in [6.45, 7) is 2.30. The van der Waals surface area contributed by atoms with Crippen LogP contribution in [0.4, 0.5) is 0 Å². The Kier molecular flexibility index (Phi) is 4.12. The Hall–Kier alpha value is -0.850. The highest BCUT2D eigenvalue weighted by Crippen LogP contribution is 2.38. The van der Waals surface area contributed by atoms with Gasteiger partial charge >= 0.3 is 0 Å². The van der Waals surface area contributed by atoms with Crippen molar-refractivity contribution in [3.63, 3.8) is 0 Å². The van der Waals surface area contributed by atoms with E-state index in [0.29, 0.717) is 23.2 Å². The van der Waals surface area contributed by atoms with Crippen molar-refractivity contribution in [2.45, 2.75) is 69.0 Å². The second-order valence-corrected chi connectivity index (χ2v) is 8.00. The van der Waals surface area contributed by atoms with Crippen molar-refractivity contribution in [3.05, 3.63) is 18.0 Å². The molecule has 1 heterocycles. The molecular formula is C15H24N2O3S. The third-order valence-corrected chi connectivity index (χ3v) is 6.65. The monoisotopic (exact) mass is 312 g/mol. The van der Waals surface area contributed by atoms with Crippen molar-refractivity contribution in [3.8, 4) is 0 Å². The number of rotatable bonds is 6. The Morgan fingerprint density at radius 1 is 1.29 bits per heavy atom. The molecule has 1 aromatic heterocycles. The van der Waals surface area contributed by atoms with E-state index in [1.165, 1.54) is 0 Å². The number of sulfonamides is 1. The summed E-state index contributed by atoms with van der Waals surface area (Å²) in [5, 5.41) is 9.45. The summed E-state index contributed by atoms with van der Waals surface area (Å²) in [5.41, 5.74) is 0.707. The van der Waals surface area contributed by atoms with Gasteiger partial charge in [0.15, 0.2) is 0 Å². The van der Waals surface area contributed by atoms with Crippen LogP contribution >= 0.6 is 0 Å². The molecule has 0 unspecified atom stereocenters. The standard InChI is InChI=1S/C15H24N2O3S/c1-2-17(13-5-3-4-6-13)21(19,20)15-9-14(11-18)16(10-15)12-7-8-12/h9-10,12-13,18H,2-8,11H2,1H3. The number of aliphatic hydroxyl groups is 1. The molecule has 0 amide bonds. The van der Waals surface area contributed by atoms with Crippen LogP contribution in [0.15, 0.2) is 17.2 Å². The van der Waals surface area contributed by atoms with Gasteiger partial charge in [0.25, 0.3) is 0 Å². The maximum absolute atomic E-state index is 12.9. The molecule has 3 rings (SSSR count). The summed E-state index contributed by atoms with van der Waals surface area (Å²) in [5.74, 6) is 0. The Morgan fingerprint density at radius 2 is 1.95 bits per heavy atom. The number of nitrogens with zero attached hydrogens (tertiary/aromatic N) is 2. The van der Waals surface area contributed by atoms with E-state index in [9.17, 15) is 13.5 Å². The van der Waals surface area contributed by atoms with Crippen molar-refractivity contribution >= 4 is 10.0 Å². The molecule has 0 aromatic carbocycles. The zero-order valence-corrected chi connectivity index (χ0v) is 13.3. The number of aliphatic hydroxyl groups excluding tert-OH is 1. The van der Waals surface area contributed by atoms with Gasteiger partial charge in [-0.3, -0.25) is 0 Å². The zero-order valence-electron chi connectivity index (χ0n) is 12.5. The van der Waals surface area contributed by atoms with Crippen molar-refractivity contribution in [1.82, 2.24) is 8.87 Å². The molecule has 0 saturated heterocycles. The molecule has 1 aromatic rings. The SMILES string of the molecule is CCN(C1CCCC1)S(=O)(=O)c1cc(CO)n(C2CC2)c1. The van der Waals surface area contributed by atoms with Crippen molar-refractivity contribution in [1.29, 1.82) is 0 Å². The first-order chi connectivity index (χ1) is 10.1. The first-order valence-electron chi connectivity index (χ1n) is 7.91. The number of hydrogen-bond acceptors (Lipinski definition) is 3. The number of hydrogen-bond donors (Lipinski definition) is 1. The quantitative estimate of drug-likeness (QED) is 0.876. The second-order valence-electron chi connectivity index (χ2n) is 6.11. The molecule has 2 aliphatic rings. The van der Waals surface area contributed by atoms with Crippen LogP contribution < -0.4 is 0 Å². The fourth-order valence-corrected chi connectivity index (χ4v) is 5.15. The van der Waals surface area contributed by atoms with Gasteiger partial charge in [0.2, 0.25) is 10.0 Å². The van der Waals surface area contributed by atoms with Gasteiger partial charge in [0, 0.05) is 30.5 Å². The normalized spacial score (nSPS) is 20.5. The molecule has 0 bridgehead atoms. The lowest BCUT2D eigenvalue weighted by atomic mass is 10.2. The summed E-state index contributed by atoms with van der Waals surface area (Å²) in [7, 11) is -3.45. The molecule has 5 nitrogen and oxygen atoms in total. The van der Waals surface area contributed by atoms with Crippen LogP contribution in [0.2, 0.25) is 0 Å². The van der Waals surface area contributed by atoms with Gasteiger partial charge in [-0.1, -0.05) is 19.8 Å². The van der Waals surface area contributed by atoms with Crippen molar-refractivity contribution in [2.24, 2.45) is 0 Å². The fourth-order valence-electron chi connectivity index (χ4n) is 3.41. The fraction of sp³-hybridized carbons (Fsp3) is 0.733. The molecule has 0 atom stereocenters. The van der Waals surface area contributed by atoms with E-state index in [-0.39, 0.29) is 12.6 Å². The predicted molar refractivity (Wildman–Crippen MR) is 80.4 cm³/mol. The smallest absolute Gasteiger partial charge is 0.244 e. The molecule has 2 fully saturated rings. The van der Waals surface area contributed by atoms with Crippen LogP contribution in [0, 0.1) is 0 Å². The van der Waals surface area contributed by atoms with Crippen molar-refractivity contribution in [2.75, 3.05) is 6.54 Å². The third kappa shape index (κ3) is 2.76. The molecule has 2 saturated carbocycles. The van der Waals surface area contributed by atoms with Gasteiger partial charge in [-0.15, -0.1) is 0 Å². The molecule has 21 heavy (non-hydrogen) atoms. The zero-order chi connectivity index (χ0) is 15.0. The molecule has 0 spiro atoms. The van der Waals surface area contributed by atoms with E-state index < -0.39 is 10.0 Å². The van der Waals surface area contributed by atoms with Crippen molar-refractivity contribution < 1.29 is 13.5 Å². The Bertz CT molecular complexity index is 598. The Labute approximate surface area is 126 Å². The van der Waals surface area contributed by atoms with Crippen LogP contribution in [0.3, 0.4) is 0 Å². The minimum Gasteiger partial charge on any atom is -0.390 e. The molecule has 0 radical (unpaired) electrons. The van der Waals surface area contributed by atoms with Gasteiger partial charge in [-0.25, -0.2) is 8.42 Å². The molecular weight excluding hydrogens is 288 g/mol. The van der Waals surface area contributed by atoms with Gasteiger partial charge in [-0.05, 0) is 31.7 Å². The van der Waals surface area contributed by atoms with Crippen LogP contribution in [-0.4, -0.2) is 35.0 Å². The maximum atomic E-state index is 12.9. The summed E-state index contributed by atoms with van der Waals surface area (Å²) < 4.78 is 29.4. The Morgan fingerprint density at radius 3 is 2.48 bits per heavy atom. The van der Waals surface area contributed by atoms with Gasteiger partial charge in [-0.2, -0.15) is 4.31 Å². The minimum absolute atomic E-state index is 0.110. The highest BCUT2D eigenvalue weighted by molar-refractivity contribution is 7.89. The predicted octanol–water partition coefficient (Wildman–Crippen LogP) is 2.27. The van der Waals surface area contributed by atoms with Crippen LogP contribution in [-0.2, 0) is 16.6 Å². The summed E-state index contributed by atoms with van der Waals surface area (Å²) in [4.78, 5) is 0.340. The highest BCUT2D eigenvalue weighted by Gasteiger charge is 2.34. The first kappa shape index (κ1) is 15.1. The summed E-state index contributed by atoms with van der Waals surface area (Å²) in [6.07, 6.45) is 8.01. The topological polar surface area (TPSA) is 62.5 Å². The van der Waals surface area contributed by atoms with E-state index in [0.717, 1.165) is 38.5 Å². The highest BCUT2D eigenvalue weighted by atomic mass is 32.2. The molecule has 1 N–H and O–H groups in total. The molecule has 6 heteroatoms. The van der Waals surface area contributed by atoms with E-state index in [4.69, 9.17) is 0 Å². The van der Waals surface area contributed by atoms with E-state index in [1.807, 2.05) is 11.5 Å². The molecule has 2 aliphatic carbocycles.